The van der Waals surface area contributed by atoms with E-state index in [9.17, 15) is 4.39 Å². The lowest BCUT2D eigenvalue weighted by molar-refractivity contribution is 0.231. The lowest BCUT2D eigenvalue weighted by Gasteiger charge is -2.23. The first-order chi connectivity index (χ1) is 14.1. The normalized spacial score (nSPS) is 16.9. The molecule has 152 valence electrons. The van der Waals surface area contributed by atoms with Crippen molar-refractivity contribution in [2.24, 2.45) is 5.92 Å². The van der Waals surface area contributed by atoms with Gasteiger partial charge in [-0.3, -0.25) is 4.98 Å². The van der Waals surface area contributed by atoms with E-state index in [1.807, 2.05) is 26.0 Å². The van der Waals surface area contributed by atoms with Gasteiger partial charge in [0.15, 0.2) is 17.4 Å². The minimum atomic E-state index is -0.403. The summed E-state index contributed by atoms with van der Waals surface area (Å²) in [6.07, 6.45) is 5.60. The number of hydrogen-bond donors (Lipinski definition) is 2. The predicted molar refractivity (Wildman–Crippen MR) is 113 cm³/mol. The molecule has 29 heavy (non-hydrogen) atoms. The van der Waals surface area contributed by atoms with E-state index in [-0.39, 0.29) is 11.9 Å². The molecule has 1 saturated heterocycles. The molecule has 1 aromatic carbocycles. The van der Waals surface area contributed by atoms with E-state index in [2.05, 4.69) is 20.6 Å². The minimum Gasteiger partial charge on any atom is -0.488 e. The largest absolute Gasteiger partial charge is 0.488 e. The lowest BCUT2D eigenvalue weighted by Crippen LogP contribution is -2.33. The number of fused-ring (bicyclic) bond motifs is 1. The van der Waals surface area contributed by atoms with Crippen LogP contribution in [0.3, 0.4) is 0 Å². The van der Waals surface area contributed by atoms with E-state index in [0.29, 0.717) is 23.0 Å². The first kappa shape index (κ1) is 19.5. The first-order valence-electron chi connectivity index (χ1n) is 10.1. The highest BCUT2D eigenvalue weighted by molar-refractivity contribution is 5.88. The van der Waals surface area contributed by atoms with Crippen LogP contribution in [0.1, 0.15) is 26.7 Å². The third kappa shape index (κ3) is 4.62. The zero-order valence-corrected chi connectivity index (χ0v) is 16.8. The Hall–Kier alpha value is -2.80. The van der Waals surface area contributed by atoms with Gasteiger partial charge in [0.25, 0.3) is 0 Å². The number of benzene rings is 1. The Morgan fingerprint density at radius 1 is 1.24 bits per heavy atom. The Morgan fingerprint density at radius 2 is 2.10 bits per heavy atom. The lowest BCUT2D eigenvalue weighted by atomic mass is 10.00. The van der Waals surface area contributed by atoms with Crippen LogP contribution in [-0.4, -0.2) is 40.7 Å². The second-order valence-corrected chi connectivity index (χ2v) is 7.69. The predicted octanol–water partition coefficient (Wildman–Crippen LogP) is 4.03. The molecule has 3 heterocycles. The van der Waals surface area contributed by atoms with Gasteiger partial charge in [0.05, 0.1) is 17.3 Å². The third-order valence-corrected chi connectivity index (χ3v) is 5.00. The SMILES string of the molecule is CC(C)Oc1ccc(-c2cc3nccnc3c(NC[C@H]3CCCNC3)n2)cc1F. The van der Waals surface area contributed by atoms with E-state index in [4.69, 9.17) is 9.72 Å². The third-order valence-electron chi connectivity index (χ3n) is 5.00. The number of anilines is 1. The zero-order valence-electron chi connectivity index (χ0n) is 16.8. The Balaban J connectivity index is 1.65. The maximum Gasteiger partial charge on any atom is 0.165 e. The maximum atomic E-state index is 14.5. The van der Waals surface area contributed by atoms with Crippen molar-refractivity contribution in [1.82, 2.24) is 20.3 Å². The van der Waals surface area contributed by atoms with Crippen LogP contribution in [0.25, 0.3) is 22.3 Å². The topological polar surface area (TPSA) is 72.0 Å². The van der Waals surface area contributed by atoms with Gasteiger partial charge in [0, 0.05) is 24.5 Å². The van der Waals surface area contributed by atoms with E-state index in [1.54, 1.807) is 18.5 Å². The molecule has 3 aromatic rings. The molecule has 1 aliphatic rings. The fourth-order valence-corrected chi connectivity index (χ4v) is 3.59. The number of ether oxygens (including phenoxy) is 1. The summed E-state index contributed by atoms with van der Waals surface area (Å²) in [6, 6.07) is 6.76. The van der Waals surface area contributed by atoms with Gasteiger partial charge in [-0.2, -0.15) is 0 Å². The number of pyridine rings is 1. The van der Waals surface area contributed by atoms with Crippen molar-refractivity contribution < 1.29 is 9.13 Å². The standard InChI is InChI=1S/C22H26FN5O/c1-14(2)29-20-6-5-16(10-17(20)23)18-11-19-21(26-9-8-25-19)22(28-18)27-13-15-4-3-7-24-12-15/h5-6,8-11,14-15,24H,3-4,7,12-13H2,1-2H3,(H,27,28)/t15-/m0/s1. The number of aromatic nitrogens is 3. The van der Waals surface area contributed by atoms with E-state index < -0.39 is 5.82 Å². The van der Waals surface area contributed by atoms with Crippen molar-refractivity contribution in [2.45, 2.75) is 32.8 Å². The summed E-state index contributed by atoms with van der Waals surface area (Å²) >= 11 is 0. The van der Waals surface area contributed by atoms with E-state index in [1.165, 1.54) is 18.9 Å². The molecule has 1 aliphatic heterocycles. The zero-order chi connectivity index (χ0) is 20.2. The monoisotopic (exact) mass is 395 g/mol. The summed E-state index contributed by atoms with van der Waals surface area (Å²) in [5.74, 6) is 1.07. The van der Waals surface area contributed by atoms with Crippen molar-refractivity contribution in [3.8, 4) is 17.0 Å². The molecule has 0 unspecified atom stereocenters. The van der Waals surface area contributed by atoms with E-state index >= 15 is 0 Å². The van der Waals surface area contributed by atoms with Gasteiger partial charge in [0.1, 0.15) is 5.52 Å². The molecule has 0 saturated carbocycles. The Bertz CT molecular complexity index is 988. The average Bonchev–Trinajstić information content (AvgIpc) is 2.73. The van der Waals surface area contributed by atoms with Crippen LogP contribution in [0.4, 0.5) is 10.2 Å². The number of piperidine rings is 1. The van der Waals surface area contributed by atoms with Crippen LogP contribution < -0.4 is 15.4 Å². The second kappa shape index (κ2) is 8.69. The Kier molecular flexibility index (Phi) is 5.85. The average molecular weight is 395 g/mol. The molecule has 2 aromatic heterocycles. The summed E-state index contributed by atoms with van der Waals surface area (Å²) in [7, 11) is 0. The summed E-state index contributed by atoms with van der Waals surface area (Å²) in [6.45, 7) is 6.64. The first-order valence-corrected chi connectivity index (χ1v) is 10.1. The summed E-state index contributed by atoms with van der Waals surface area (Å²) in [4.78, 5) is 13.6. The number of nitrogens with zero attached hydrogens (tertiary/aromatic N) is 3. The molecule has 0 bridgehead atoms. The van der Waals surface area contributed by atoms with Gasteiger partial charge in [-0.25, -0.2) is 14.4 Å². The fraction of sp³-hybridized carbons (Fsp3) is 0.409. The molecular formula is C22H26FN5O. The van der Waals surface area contributed by atoms with Crippen LogP contribution in [0.2, 0.25) is 0 Å². The fourth-order valence-electron chi connectivity index (χ4n) is 3.59. The van der Waals surface area contributed by atoms with Crippen LogP contribution in [0.15, 0.2) is 36.7 Å². The van der Waals surface area contributed by atoms with Crippen molar-refractivity contribution in [3.63, 3.8) is 0 Å². The molecule has 0 radical (unpaired) electrons. The van der Waals surface area contributed by atoms with Crippen LogP contribution in [-0.2, 0) is 0 Å². The molecular weight excluding hydrogens is 369 g/mol. The number of nitrogens with one attached hydrogen (secondary N) is 2. The number of hydrogen-bond acceptors (Lipinski definition) is 6. The highest BCUT2D eigenvalue weighted by Gasteiger charge is 2.16. The maximum absolute atomic E-state index is 14.5. The van der Waals surface area contributed by atoms with Crippen LogP contribution in [0, 0.1) is 11.7 Å². The highest BCUT2D eigenvalue weighted by atomic mass is 19.1. The second-order valence-electron chi connectivity index (χ2n) is 7.69. The molecule has 0 amide bonds. The molecule has 6 nitrogen and oxygen atoms in total. The molecule has 7 heteroatoms. The van der Waals surface area contributed by atoms with Crippen molar-refractivity contribution >= 4 is 16.9 Å². The quantitative estimate of drug-likeness (QED) is 0.657. The number of rotatable bonds is 6. The van der Waals surface area contributed by atoms with Crippen molar-refractivity contribution in [1.29, 1.82) is 0 Å². The molecule has 0 aliphatic carbocycles. The van der Waals surface area contributed by atoms with Crippen LogP contribution in [0.5, 0.6) is 5.75 Å². The summed E-state index contributed by atoms with van der Waals surface area (Å²) in [5.41, 5.74) is 2.77. The van der Waals surface area contributed by atoms with Crippen molar-refractivity contribution in [2.75, 3.05) is 25.0 Å². The highest BCUT2D eigenvalue weighted by Crippen LogP contribution is 2.29. The molecule has 1 atom stereocenters. The summed E-state index contributed by atoms with van der Waals surface area (Å²) < 4.78 is 20.0. The van der Waals surface area contributed by atoms with Gasteiger partial charge >= 0.3 is 0 Å². The Labute approximate surface area is 169 Å². The molecule has 4 rings (SSSR count). The molecule has 1 fully saturated rings. The molecule has 2 N–H and O–H groups in total. The van der Waals surface area contributed by atoms with Gasteiger partial charge in [-0.15, -0.1) is 0 Å². The van der Waals surface area contributed by atoms with Crippen LogP contribution >= 0.6 is 0 Å². The Morgan fingerprint density at radius 3 is 2.86 bits per heavy atom. The van der Waals surface area contributed by atoms with E-state index in [0.717, 1.165) is 30.7 Å². The van der Waals surface area contributed by atoms with Gasteiger partial charge < -0.3 is 15.4 Å². The number of halogens is 1. The van der Waals surface area contributed by atoms with Gasteiger partial charge in [-0.05, 0) is 70.0 Å². The van der Waals surface area contributed by atoms with Gasteiger partial charge in [0.2, 0.25) is 0 Å². The minimum absolute atomic E-state index is 0.0884. The van der Waals surface area contributed by atoms with Gasteiger partial charge in [-0.1, -0.05) is 0 Å². The molecule has 0 spiro atoms. The summed E-state index contributed by atoms with van der Waals surface area (Å²) in [5, 5.41) is 6.88. The smallest absolute Gasteiger partial charge is 0.165 e. The van der Waals surface area contributed by atoms with Crippen molar-refractivity contribution in [3.05, 3.63) is 42.5 Å².